The van der Waals surface area contributed by atoms with Crippen molar-refractivity contribution < 1.29 is 9.72 Å². The van der Waals surface area contributed by atoms with Crippen molar-refractivity contribution in [3.63, 3.8) is 0 Å². The Hall–Kier alpha value is -2.34. The summed E-state index contributed by atoms with van der Waals surface area (Å²) < 4.78 is 0. The summed E-state index contributed by atoms with van der Waals surface area (Å²) in [6.07, 6.45) is 0. The Morgan fingerprint density at radius 3 is 2.65 bits per heavy atom. The lowest BCUT2D eigenvalue weighted by Gasteiger charge is -2.11. The summed E-state index contributed by atoms with van der Waals surface area (Å²) in [5.41, 5.74) is 1.97. The number of nitrogens with zero attached hydrogens (tertiary/aromatic N) is 1. The first kappa shape index (κ1) is 17.0. The molecule has 0 bridgehead atoms. The molecule has 0 aliphatic carbocycles. The molecule has 5 nitrogen and oxygen atoms in total. The van der Waals surface area contributed by atoms with Crippen molar-refractivity contribution in [3.05, 3.63) is 75.8 Å². The summed E-state index contributed by atoms with van der Waals surface area (Å²) in [6, 6.07) is 16.2. The van der Waals surface area contributed by atoms with Gasteiger partial charge in [0.05, 0.1) is 10.7 Å². The number of carbonyl (C=O) groups excluding carboxylic acids is 1. The Balaban J connectivity index is 1.81. The number of non-ortho nitro benzene ring substituents is 1. The van der Waals surface area contributed by atoms with Crippen LogP contribution >= 0.6 is 11.8 Å². The molecular weight excluding hydrogens is 312 g/mol. The molecule has 2 aromatic carbocycles. The average molecular weight is 330 g/mol. The highest BCUT2D eigenvalue weighted by atomic mass is 32.2. The molecule has 0 unspecified atom stereocenters. The van der Waals surface area contributed by atoms with E-state index in [2.05, 4.69) is 5.32 Å². The van der Waals surface area contributed by atoms with E-state index in [1.165, 1.54) is 17.8 Å². The summed E-state index contributed by atoms with van der Waals surface area (Å²) in [5, 5.41) is 13.7. The largest absolute Gasteiger partial charge is 0.351 e. The summed E-state index contributed by atoms with van der Waals surface area (Å²) >= 11 is 1.46. The number of thioether (sulfide) groups is 1. The van der Waals surface area contributed by atoms with E-state index in [-0.39, 0.29) is 16.8 Å². The van der Waals surface area contributed by atoms with Crippen LogP contribution in [0.25, 0.3) is 0 Å². The van der Waals surface area contributed by atoms with Crippen LogP contribution in [0.5, 0.6) is 0 Å². The van der Waals surface area contributed by atoms with Gasteiger partial charge in [0.25, 0.3) is 5.69 Å². The molecule has 23 heavy (non-hydrogen) atoms. The van der Waals surface area contributed by atoms with E-state index in [9.17, 15) is 14.9 Å². The monoisotopic (exact) mass is 330 g/mol. The predicted molar refractivity (Wildman–Crippen MR) is 92.3 cm³/mol. The van der Waals surface area contributed by atoms with E-state index in [1.807, 2.05) is 43.3 Å². The van der Waals surface area contributed by atoms with Crippen LogP contribution in [-0.2, 0) is 11.3 Å². The molecule has 120 valence electrons. The molecule has 2 rings (SSSR count). The lowest BCUT2D eigenvalue weighted by molar-refractivity contribution is -0.384. The SMILES string of the molecule is C[C@H](SCC(=O)NCc1ccccc1)c1cccc([N+](=O)[O-])c1. The summed E-state index contributed by atoms with van der Waals surface area (Å²) in [6.45, 7) is 2.44. The van der Waals surface area contributed by atoms with Gasteiger partial charge in [-0.25, -0.2) is 0 Å². The Morgan fingerprint density at radius 1 is 1.22 bits per heavy atom. The van der Waals surface area contributed by atoms with E-state index < -0.39 is 4.92 Å². The van der Waals surface area contributed by atoms with Crippen molar-refractivity contribution in [1.29, 1.82) is 0 Å². The van der Waals surface area contributed by atoms with Crippen LogP contribution in [0.15, 0.2) is 54.6 Å². The first-order valence-corrected chi connectivity index (χ1v) is 8.27. The average Bonchev–Trinajstić information content (AvgIpc) is 2.58. The molecular formula is C17H18N2O3S. The second-order valence-corrected chi connectivity index (χ2v) is 6.40. The number of nitro groups is 1. The summed E-state index contributed by atoms with van der Waals surface area (Å²) in [7, 11) is 0. The fourth-order valence-corrected chi connectivity index (χ4v) is 2.88. The zero-order chi connectivity index (χ0) is 16.7. The minimum atomic E-state index is -0.409. The quantitative estimate of drug-likeness (QED) is 0.620. The molecule has 0 fully saturated rings. The minimum Gasteiger partial charge on any atom is -0.351 e. The van der Waals surface area contributed by atoms with E-state index >= 15 is 0 Å². The topological polar surface area (TPSA) is 72.2 Å². The molecule has 6 heteroatoms. The first-order valence-electron chi connectivity index (χ1n) is 7.23. The van der Waals surface area contributed by atoms with Crippen LogP contribution in [0.2, 0.25) is 0 Å². The fraction of sp³-hybridized carbons (Fsp3) is 0.235. The highest BCUT2D eigenvalue weighted by Gasteiger charge is 2.13. The highest BCUT2D eigenvalue weighted by Crippen LogP contribution is 2.29. The number of carbonyl (C=O) groups is 1. The Morgan fingerprint density at radius 2 is 1.96 bits per heavy atom. The van der Waals surface area contributed by atoms with Gasteiger partial charge in [-0.15, -0.1) is 11.8 Å². The van der Waals surface area contributed by atoms with Gasteiger partial charge in [-0.3, -0.25) is 14.9 Å². The standard InChI is InChI=1S/C17H18N2O3S/c1-13(15-8-5-9-16(10-15)19(21)22)23-12-17(20)18-11-14-6-3-2-4-7-14/h2-10,13H,11-12H2,1H3,(H,18,20)/t13-/m0/s1. The second kappa shape index (κ2) is 8.33. The van der Waals surface area contributed by atoms with Crippen molar-refractivity contribution in [2.24, 2.45) is 0 Å². The van der Waals surface area contributed by atoms with E-state index in [0.717, 1.165) is 11.1 Å². The van der Waals surface area contributed by atoms with Gasteiger partial charge in [0.2, 0.25) is 5.91 Å². The lowest BCUT2D eigenvalue weighted by atomic mass is 10.1. The van der Waals surface area contributed by atoms with E-state index in [0.29, 0.717) is 12.3 Å². The third kappa shape index (κ3) is 5.41. The Labute approximate surface area is 139 Å². The summed E-state index contributed by atoms with van der Waals surface area (Å²) in [5.74, 6) is 0.271. The normalized spacial score (nSPS) is 11.7. The number of hydrogen-bond acceptors (Lipinski definition) is 4. The molecule has 0 heterocycles. The molecule has 2 aromatic rings. The van der Waals surface area contributed by atoms with Crippen molar-refractivity contribution in [2.75, 3.05) is 5.75 Å². The van der Waals surface area contributed by atoms with Gasteiger partial charge in [0.1, 0.15) is 0 Å². The predicted octanol–water partition coefficient (Wildman–Crippen LogP) is 3.71. The molecule has 0 spiro atoms. The number of hydrogen-bond donors (Lipinski definition) is 1. The molecule has 0 aromatic heterocycles. The highest BCUT2D eigenvalue weighted by molar-refractivity contribution is 8.00. The zero-order valence-corrected chi connectivity index (χ0v) is 13.6. The number of nitro benzene ring substituents is 1. The molecule has 0 aliphatic rings. The van der Waals surface area contributed by atoms with Crippen molar-refractivity contribution in [2.45, 2.75) is 18.7 Å². The van der Waals surface area contributed by atoms with Gasteiger partial charge in [-0.2, -0.15) is 0 Å². The number of benzene rings is 2. The summed E-state index contributed by atoms with van der Waals surface area (Å²) in [4.78, 5) is 22.3. The second-order valence-electron chi connectivity index (χ2n) is 5.07. The molecule has 1 atom stereocenters. The van der Waals surface area contributed by atoms with Crippen LogP contribution < -0.4 is 5.32 Å². The fourth-order valence-electron chi connectivity index (χ4n) is 2.04. The molecule has 0 aliphatic heterocycles. The van der Waals surface area contributed by atoms with Crippen LogP contribution in [0.4, 0.5) is 5.69 Å². The van der Waals surface area contributed by atoms with Gasteiger partial charge in [-0.1, -0.05) is 42.5 Å². The van der Waals surface area contributed by atoms with E-state index in [4.69, 9.17) is 0 Å². The lowest BCUT2D eigenvalue weighted by Crippen LogP contribution is -2.24. The number of amides is 1. The van der Waals surface area contributed by atoms with Crippen LogP contribution in [0.3, 0.4) is 0 Å². The Bertz CT molecular complexity index is 677. The Kier molecular flexibility index (Phi) is 6.17. The van der Waals surface area contributed by atoms with Gasteiger partial charge >= 0.3 is 0 Å². The maximum absolute atomic E-state index is 11.9. The third-order valence-corrected chi connectivity index (χ3v) is 4.55. The molecule has 0 saturated heterocycles. The van der Waals surface area contributed by atoms with Gasteiger partial charge in [-0.05, 0) is 18.1 Å². The molecule has 0 saturated carbocycles. The zero-order valence-electron chi connectivity index (χ0n) is 12.8. The van der Waals surface area contributed by atoms with Crippen molar-refractivity contribution in [3.8, 4) is 0 Å². The van der Waals surface area contributed by atoms with Crippen molar-refractivity contribution >= 4 is 23.4 Å². The number of nitrogens with one attached hydrogen (secondary N) is 1. The molecule has 1 amide bonds. The van der Waals surface area contributed by atoms with Crippen LogP contribution in [0, 0.1) is 10.1 Å². The maximum Gasteiger partial charge on any atom is 0.269 e. The maximum atomic E-state index is 11.9. The minimum absolute atomic E-state index is 0.0115. The smallest absolute Gasteiger partial charge is 0.269 e. The van der Waals surface area contributed by atoms with Crippen LogP contribution in [-0.4, -0.2) is 16.6 Å². The first-order chi connectivity index (χ1) is 11.1. The molecule has 1 N–H and O–H groups in total. The van der Waals surface area contributed by atoms with E-state index in [1.54, 1.807) is 12.1 Å². The molecule has 0 radical (unpaired) electrons. The van der Waals surface area contributed by atoms with Crippen LogP contribution in [0.1, 0.15) is 23.3 Å². The van der Waals surface area contributed by atoms with Gasteiger partial charge < -0.3 is 5.32 Å². The number of rotatable bonds is 7. The van der Waals surface area contributed by atoms with Gasteiger partial charge in [0, 0.05) is 23.9 Å². The van der Waals surface area contributed by atoms with Crippen molar-refractivity contribution in [1.82, 2.24) is 5.32 Å². The van der Waals surface area contributed by atoms with Gasteiger partial charge in [0.15, 0.2) is 0 Å². The third-order valence-electron chi connectivity index (χ3n) is 3.35.